The molecule has 0 aromatic heterocycles. The van der Waals surface area contributed by atoms with Gasteiger partial charge in [0.15, 0.2) is 0 Å². The van der Waals surface area contributed by atoms with Crippen LogP contribution in [0.2, 0.25) is 0 Å². The molecule has 1 aliphatic rings. The minimum Gasteiger partial charge on any atom is -0.478 e. The lowest BCUT2D eigenvalue weighted by Gasteiger charge is -2.47. The predicted octanol–water partition coefficient (Wildman–Crippen LogP) is 3.48. The summed E-state index contributed by atoms with van der Waals surface area (Å²) in [4.78, 5) is 16.0. The highest BCUT2D eigenvalue weighted by molar-refractivity contribution is 5.87. The number of benzene rings is 2. The van der Waals surface area contributed by atoms with Crippen molar-refractivity contribution < 1.29 is 9.90 Å². The van der Waals surface area contributed by atoms with Crippen molar-refractivity contribution in [1.29, 1.82) is 0 Å². The fraction of sp³-hybridized carbons (Fsp3) is 0.381. The molecule has 0 atom stereocenters. The molecule has 0 aliphatic carbocycles. The van der Waals surface area contributed by atoms with Gasteiger partial charge in [-0.25, -0.2) is 4.79 Å². The van der Waals surface area contributed by atoms with Crippen LogP contribution < -0.4 is 0 Å². The second-order valence-electron chi connectivity index (χ2n) is 7.43. The number of carboxylic acid groups (broad SMARTS) is 1. The zero-order chi connectivity index (χ0) is 17.9. The van der Waals surface area contributed by atoms with Crippen molar-refractivity contribution in [3.8, 4) is 0 Å². The van der Waals surface area contributed by atoms with Crippen molar-refractivity contribution in [2.75, 3.05) is 19.6 Å². The van der Waals surface area contributed by atoms with Crippen molar-refractivity contribution in [3.05, 3.63) is 71.3 Å². The molecule has 132 valence electrons. The van der Waals surface area contributed by atoms with Crippen molar-refractivity contribution in [2.24, 2.45) is 0 Å². The first kappa shape index (κ1) is 17.6. The number of hydrogen-bond acceptors (Lipinski definition) is 3. The van der Waals surface area contributed by atoms with E-state index in [9.17, 15) is 4.79 Å². The van der Waals surface area contributed by atoms with Crippen LogP contribution in [0.4, 0.5) is 0 Å². The highest BCUT2D eigenvalue weighted by Gasteiger charge is 2.33. The molecule has 3 rings (SSSR count). The molecule has 0 radical (unpaired) electrons. The number of hydrogen-bond donors (Lipinski definition) is 1. The van der Waals surface area contributed by atoms with E-state index >= 15 is 0 Å². The van der Waals surface area contributed by atoms with Crippen LogP contribution in [0.15, 0.2) is 54.6 Å². The standard InChI is InChI=1S/C21H26N2O2/c1-21(2)16-22(14-18-8-10-19(11-9-18)20(24)25)12-13-23(21)15-17-6-4-3-5-7-17/h3-11H,12-16H2,1-2H3,(H,24,25). The molecule has 1 aliphatic heterocycles. The third-order valence-corrected chi connectivity index (χ3v) is 4.98. The summed E-state index contributed by atoms with van der Waals surface area (Å²) in [5.74, 6) is -0.873. The van der Waals surface area contributed by atoms with E-state index in [2.05, 4.69) is 54.0 Å². The number of aromatic carboxylic acids is 1. The van der Waals surface area contributed by atoms with E-state index in [1.54, 1.807) is 12.1 Å². The van der Waals surface area contributed by atoms with Gasteiger partial charge in [-0.2, -0.15) is 0 Å². The number of piperazine rings is 1. The Morgan fingerprint density at radius 2 is 1.60 bits per heavy atom. The SMILES string of the molecule is CC1(C)CN(Cc2ccc(C(=O)O)cc2)CCN1Cc1ccccc1. The van der Waals surface area contributed by atoms with Gasteiger partial charge in [-0.1, -0.05) is 42.5 Å². The second kappa shape index (κ2) is 7.38. The molecule has 0 spiro atoms. The van der Waals surface area contributed by atoms with E-state index in [-0.39, 0.29) is 5.54 Å². The topological polar surface area (TPSA) is 43.8 Å². The summed E-state index contributed by atoms with van der Waals surface area (Å²) in [5.41, 5.74) is 2.97. The maximum atomic E-state index is 11.0. The Hall–Kier alpha value is -2.17. The van der Waals surface area contributed by atoms with E-state index in [1.165, 1.54) is 5.56 Å². The molecule has 4 heteroatoms. The summed E-state index contributed by atoms with van der Waals surface area (Å²) >= 11 is 0. The smallest absolute Gasteiger partial charge is 0.335 e. The van der Waals surface area contributed by atoms with Crippen molar-refractivity contribution >= 4 is 5.97 Å². The van der Waals surface area contributed by atoms with Crippen LogP contribution in [0.1, 0.15) is 35.3 Å². The maximum Gasteiger partial charge on any atom is 0.335 e. The molecule has 0 unspecified atom stereocenters. The zero-order valence-corrected chi connectivity index (χ0v) is 15.0. The summed E-state index contributed by atoms with van der Waals surface area (Å²) in [6.45, 7) is 9.51. The van der Waals surface area contributed by atoms with Crippen molar-refractivity contribution in [1.82, 2.24) is 9.80 Å². The fourth-order valence-corrected chi connectivity index (χ4v) is 3.53. The van der Waals surface area contributed by atoms with Crippen LogP contribution in [0, 0.1) is 0 Å². The zero-order valence-electron chi connectivity index (χ0n) is 15.0. The third kappa shape index (κ3) is 4.47. The van der Waals surface area contributed by atoms with Crippen LogP contribution in [0.3, 0.4) is 0 Å². The van der Waals surface area contributed by atoms with Gasteiger partial charge in [-0.15, -0.1) is 0 Å². The molecule has 2 aromatic rings. The summed E-state index contributed by atoms with van der Waals surface area (Å²) < 4.78 is 0. The largest absolute Gasteiger partial charge is 0.478 e. The van der Waals surface area contributed by atoms with Gasteiger partial charge in [0, 0.05) is 38.3 Å². The molecule has 1 heterocycles. The molecule has 0 saturated carbocycles. The molecular weight excluding hydrogens is 312 g/mol. The first-order chi connectivity index (χ1) is 11.9. The second-order valence-corrected chi connectivity index (χ2v) is 7.43. The van der Waals surface area contributed by atoms with E-state index in [4.69, 9.17) is 5.11 Å². The average molecular weight is 338 g/mol. The van der Waals surface area contributed by atoms with E-state index in [0.29, 0.717) is 5.56 Å². The van der Waals surface area contributed by atoms with E-state index in [1.807, 2.05) is 12.1 Å². The van der Waals surface area contributed by atoms with Gasteiger partial charge in [-0.3, -0.25) is 9.80 Å². The predicted molar refractivity (Wildman–Crippen MR) is 99.6 cm³/mol. The Kier molecular flexibility index (Phi) is 5.21. The first-order valence-corrected chi connectivity index (χ1v) is 8.78. The van der Waals surface area contributed by atoms with Gasteiger partial charge in [0.05, 0.1) is 5.56 Å². The monoisotopic (exact) mass is 338 g/mol. The minimum absolute atomic E-state index is 0.106. The minimum atomic E-state index is -0.873. The molecule has 25 heavy (non-hydrogen) atoms. The molecular formula is C21H26N2O2. The van der Waals surface area contributed by atoms with Crippen LogP contribution in [0.25, 0.3) is 0 Å². The molecule has 1 saturated heterocycles. The lowest BCUT2D eigenvalue weighted by Crippen LogP contribution is -2.58. The van der Waals surface area contributed by atoms with Crippen LogP contribution in [0.5, 0.6) is 0 Å². The quantitative estimate of drug-likeness (QED) is 0.906. The Bertz CT molecular complexity index is 710. The van der Waals surface area contributed by atoms with Crippen molar-refractivity contribution in [3.63, 3.8) is 0 Å². The Morgan fingerprint density at radius 1 is 0.960 bits per heavy atom. The molecule has 2 aromatic carbocycles. The van der Waals surface area contributed by atoms with Gasteiger partial charge >= 0.3 is 5.97 Å². The number of nitrogens with zero attached hydrogens (tertiary/aromatic N) is 2. The van der Waals surface area contributed by atoms with Gasteiger partial charge in [0.1, 0.15) is 0 Å². The Morgan fingerprint density at radius 3 is 2.20 bits per heavy atom. The van der Waals surface area contributed by atoms with Crippen LogP contribution in [-0.2, 0) is 13.1 Å². The van der Waals surface area contributed by atoms with Crippen LogP contribution in [-0.4, -0.2) is 46.0 Å². The third-order valence-electron chi connectivity index (χ3n) is 4.98. The summed E-state index contributed by atoms with van der Waals surface area (Å²) in [6, 6.07) is 17.8. The summed E-state index contributed by atoms with van der Waals surface area (Å²) in [6.07, 6.45) is 0. The Labute approximate surface area is 149 Å². The lowest BCUT2D eigenvalue weighted by molar-refractivity contribution is 0.0103. The number of carboxylic acids is 1. The lowest BCUT2D eigenvalue weighted by atomic mass is 9.97. The first-order valence-electron chi connectivity index (χ1n) is 8.78. The average Bonchev–Trinajstić information content (AvgIpc) is 2.58. The normalized spacial score (nSPS) is 18.2. The number of rotatable bonds is 5. The van der Waals surface area contributed by atoms with Gasteiger partial charge in [-0.05, 0) is 37.1 Å². The van der Waals surface area contributed by atoms with Crippen molar-refractivity contribution in [2.45, 2.75) is 32.5 Å². The van der Waals surface area contributed by atoms with Crippen LogP contribution >= 0.6 is 0 Å². The fourth-order valence-electron chi connectivity index (χ4n) is 3.53. The molecule has 0 bridgehead atoms. The van der Waals surface area contributed by atoms with Gasteiger partial charge < -0.3 is 5.11 Å². The maximum absolute atomic E-state index is 11.0. The molecule has 0 amide bonds. The summed E-state index contributed by atoms with van der Waals surface area (Å²) in [7, 11) is 0. The van der Waals surface area contributed by atoms with E-state index < -0.39 is 5.97 Å². The highest BCUT2D eigenvalue weighted by Crippen LogP contribution is 2.24. The van der Waals surface area contributed by atoms with Gasteiger partial charge in [0.25, 0.3) is 0 Å². The highest BCUT2D eigenvalue weighted by atomic mass is 16.4. The number of carbonyl (C=O) groups is 1. The van der Waals surface area contributed by atoms with Gasteiger partial charge in [0.2, 0.25) is 0 Å². The molecule has 1 fully saturated rings. The molecule has 4 nitrogen and oxygen atoms in total. The Balaban J connectivity index is 1.61. The molecule has 1 N–H and O–H groups in total. The van der Waals surface area contributed by atoms with E-state index in [0.717, 1.165) is 38.3 Å². The summed E-state index contributed by atoms with van der Waals surface area (Å²) in [5, 5.41) is 9.00.